The van der Waals surface area contributed by atoms with Crippen molar-refractivity contribution in [1.29, 1.82) is 0 Å². The number of aromatic nitrogens is 5. The molecule has 0 bridgehead atoms. The second-order valence-corrected chi connectivity index (χ2v) is 17.7. The number of hydrogen-bond acceptors (Lipinski definition) is 16. The molecule has 2 saturated carbocycles. The summed E-state index contributed by atoms with van der Waals surface area (Å²) >= 11 is 13.0. The molecule has 2 fully saturated rings. The highest BCUT2D eigenvalue weighted by molar-refractivity contribution is 7.71. The van der Waals surface area contributed by atoms with Gasteiger partial charge in [-0.05, 0) is 148 Å². The molecular weight excluding hydrogens is 908 g/mol. The fourth-order valence-electron chi connectivity index (χ4n) is 5.73. The molecule has 0 saturated heterocycles. The zero-order chi connectivity index (χ0) is 46.2. The van der Waals surface area contributed by atoms with Crippen molar-refractivity contribution in [3.63, 3.8) is 0 Å². The topological polar surface area (TPSA) is 249 Å². The Hall–Kier alpha value is -6.80. The van der Waals surface area contributed by atoms with E-state index in [0.29, 0.717) is 50.3 Å². The van der Waals surface area contributed by atoms with Crippen LogP contribution in [0.1, 0.15) is 68.9 Å². The minimum absolute atomic E-state index is 0.106. The lowest BCUT2D eigenvalue weighted by Gasteiger charge is -1.98. The minimum atomic E-state index is -0.125. The second kappa shape index (κ2) is 20.8. The van der Waals surface area contributed by atoms with E-state index in [1.54, 1.807) is 22.9 Å². The number of hydrogen-bond donors (Lipinski definition) is 7. The lowest BCUT2D eigenvalue weighted by Crippen LogP contribution is -2.25. The number of fused-ring (bicyclic) bond motifs is 3. The smallest absolute Gasteiger partial charge is 0.302 e. The van der Waals surface area contributed by atoms with Crippen LogP contribution in [0.3, 0.4) is 0 Å². The third-order valence-corrected chi connectivity index (χ3v) is 11.1. The summed E-state index contributed by atoms with van der Waals surface area (Å²) in [5.41, 5.74) is 21.5. The van der Waals surface area contributed by atoms with Gasteiger partial charge in [0.05, 0.1) is 11.2 Å². The van der Waals surface area contributed by atoms with E-state index in [1.807, 2.05) is 88.4 Å². The van der Waals surface area contributed by atoms with Gasteiger partial charge in [0.25, 0.3) is 22.0 Å². The number of nitrogens with two attached hydrogens (primary N) is 2. The van der Waals surface area contributed by atoms with Gasteiger partial charge >= 0.3 is 6.01 Å². The molecule has 65 heavy (non-hydrogen) atoms. The highest BCUT2D eigenvalue weighted by Crippen LogP contribution is 2.26. The van der Waals surface area contributed by atoms with Crippen LogP contribution in [-0.2, 0) is 0 Å². The zero-order valence-electron chi connectivity index (χ0n) is 35.6. The Morgan fingerprint density at radius 3 is 1.83 bits per heavy atom. The summed E-state index contributed by atoms with van der Waals surface area (Å²) in [6.07, 6.45) is 4.29. The number of aromatic hydroxyl groups is 1. The molecule has 9 N–H and O–H groups in total. The van der Waals surface area contributed by atoms with E-state index in [4.69, 9.17) is 53.6 Å². The molecule has 11 rings (SSSR count). The number of halogens is 1. The number of aromatic amines is 1. The molecule has 0 aliphatic heterocycles. The van der Waals surface area contributed by atoms with Gasteiger partial charge in [-0.15, -0.1) is 22.7 Å². The van der Waals surface area contributed by atoms with Crippen molar-refractivity contribution in [3.05, 3.63) is 127 Å². The number of oxazole rings is 3. The molecule has 0 unspecified atom stereocenters. The van der Waals surface area contributed by atoms with E-state index >= 15 is 0 Å². The second-order valence-electron chi connectivity index (χ2n) is 15.2. The number of amides is 2. The van der Waals surface area contributed by atoms with Crippen LogP contribution in [0.5, 0.6) is 5.75 Å². The van der Waals surface area contributed by atoms with Crippen LogP contribution in [0.2, 0.25) is 5.35 Å². The van der Waals surface area contributed by atoms with Crippen LogP contribution < -0.4 is 27.4 Å². The van der Waals surface area contributed by atoms with Gasteiger partial charge in [0.1, 0.15) is 28.2 Å². The lowest BCUT2D eigenvalue weighted by atomic mass is 10.2. The quantitative estimate of drug-likeness (QED) is 0.0465. The maximum Gasteiger partial charge on any atom is 0.302 e. The van der Waals surface area contributed by atoms with Crippen LogP contribution in [0.4, 0.5) is 22.0 Å². The largest absolute Gasteiger partial charge is 0.506 e. The van der Waals surface area contributed by atoms with Gasteiger partial charge in [0.2, 0.25) is 0 Å². The van der Waals surface area contributed by atoms with Crippen LogP contribution in [0, 0.1) is 32.5 Å². The maximum absolute atomic E-state index is 11.9. The molecule has 2 aliphatic rings. The minimum Gasteiger partial charge on any atom is -0.506 e. The fraction of sp³-hybridized carbons (Fsp3) is 0.222. The standard InChI is InChI=1S/C15H14N4O2S.C8H6ClNO.C8H7NOS.C7H9N3OS.C7H9NO/c1-8-2-5-12-10(6-8)17-14(21-12)19-15-18-11(7-22-15)13(20)16-9-3-4-9;1-5-2-3-7-6(4-5)10-8(9)11-7;1-5-2-3-7-6(4-5)9-8(11)10-7;8-7-10-5(3-12-7)6(11)9-4-1-2-4;1-5-2-3-7(9)6(8)4-5/h2,5-7,9H,3-4H2,1H3,(H,16,20)(H,17,18,19);2-4H,1H3;2-4H,1H3,(H,9,11);3-4H,1-2H2,(H2,8,10)(H,9,11);2-4,9H,8H2,1H3. The summed E-state index contributed by atoms with van der Waals surface area (Å²) < 4.78 is 15.9. The van der Waals surface area contributed by atoms with Gasteiger partial charge < -0.3 is 45.4 Å². The molecule has 20 heteroatoms. The van der Waals surface area contributed by atoms with Crippen molar-refractivity contribution < 1.29 is 27.9 Å². The summed E-state index contributed by atoms with van der Waals surface area (Å²) in [5, 5.41) is 22.3. The zero-order valence-corrected chi connectivity index (χ0v) is 38.8. The Kier molecular flexibility index (Phi) is 14.8. The number of aryl methyl sites for hydroxylation is 4. The number of nitrogens with one attached hydrogen (secondary N) is 4. The average molecular weight is 954 g/mol. The predicted molar refractivity (Wildman–Crippen MR) is 259 cm³/mol. The normalized spacial score (nSPS) is 12.7. The van der Waals surface area contributed by atoms with Crippen LogP contribution in [0.25, 0.3) is 33.3 Å². The van der Waals surface area contributed by atoms with E-state index in [-0.39, 0.29) is 22.9 Å². The van der Waals surface area contributed by atoms with Crippen molar-refractivity contribution in [2.75, 3.05) is 16.8 Å². The van der Waals surface area contributed by atoms with Crippen molar-refractivity contribution >= 4 is 114 Å². The van der Waals surface area contributed by atoms with Crippen LogP contribution in [-0.4, -0.2) is 53.9 Å². The first kappa shape index (κ1) is 46.2. The number of rotatable bonds is 6. The third-order valence-electron chi connectivity index (χ3n) is 9.35. The SMILES string of the molecule is Cc1ccc(O)c(N)c1.Cc1ccc2oc(=S)[nH]c2c1.Cc1ccc2oc(Cl)nc2c1.Cc1ccc2oc(Nc3nc(C(=O)NC4CC4)cs3)nc2c1.Nc1nc(C(=O)NC2CC2)cs1. The molecule has 5 aromatic heterocycles. The lowest BCUT2D eigenvalue weighted by molar-refractivity contribution is 0.0938. The van der Waals surface area contributed by atoms with Gasteiger partial charge in [-0.1, -0.05) is 24.3 Å². The Labute approximate surface area is 390 Å². The highest BCUT2D eigenvalue weighted by atomic mass is 35.5. The number of benzene rings is 4. The molecule has 2 amide bonds. The number of phenols is 1. The first-order valence-corrected chi connectivity index (χ1v) is 22.8. The Balaban J connectivity index is 0.000000127. The molecular formula is C45H45ClN10O6S3. The molecule has 5 heterocycles. The van der Waals surface area contributed by atoms with E-state index in [9.17, 15) is 9.59 Å². The van der Waals surface area contributed by atoms with E-state index in [0.717, 1.165) is 75.7 Å². The fourth-order valence-corrected chi connectivity index (χ4v) is 7.33. The Morgan fingerprint density at radius 1 is 0.708 bits per heavy atom. The third kappa shape index (κ3) is 13.6. The number of nitrogen functional groups attached to an aromatic ring is 2. The highest BCUT2D eigenvalue weighted by Gasteiger charge is 2.25. The molecule has 9 aromatic rings. The van der Waals surface area contributed by atoms with Crippen LogP contribution >= 0.6 is 46.5 Å². The van der Waals surface area contributed by atoms with Gasteiger partial charge in [-0.3, -0.25) is 14.9 Å². The number of phenolic OH excluding ortho intramolecular Hbond substituents is 1. The van der Waals surface area contributed by atoms with E-state index in [2.05, 4.69) is 40.9 Å². The van der Waals surface area contributed by atoms with Gasteiger partial charge in [0, 0.05) is 22.8 Å². The first-order valence-electron chi connectivity index (χ1n) is 20.2. The molecule has 4 aromatic carbocycles. The summed E-state index contributed by atoms with van der Waals surface area (Å²) in [6.45, 7) is 7.97. The molecule has 2 aliphatic carbocycles. The first-order chi connectivity index (χ1) is 31.1. The molecule has 336 valence electrons. The van der Waals surface area contributed by atoms with Gasteiger partial charge in [-0.2, -0.15) is 9.97 Å². The van der Waals surface area contributed by atoms with E-state index in [1.165, 1.54) is 28.2 Å². The van der Waals surface area contributed by atoms with Crippen molar-refractivity contribution in [2.24, 2.45) is 0 Å². The monoisotopic (exact) mass is 952 g/mol. The molecule has 0 atom stereocenters. The number of H-pyrrole nitrogens is 1. The van der Waals surface area contributed by atoms with Crippen molar-refractivity contribution in [1.82, 2.24) is 35.6 Å². The molecule has 16 nitrogen and oxygen atoms in total. The summed E-state index contributed by atoms with van der Waals surface area (Å²) in [6, 6.07) is 23.7. The average Bonchev–Trinajstić information content (AvgIpc) is 3.93. The summed E-state index contributed by atoms with van der Waals surface area (Å²) in [7, 11) is 0. The summed E-state index contributed by atoms with van der Waals surface area (Å²) in [5.74, 6) is -0.0777. The number of carbonyl (C=O) groups is 2. The number of anilines is 4. The van der Waals surface area contributed by atoms with Gasteiger partial charge in [0.15, 0.2) is 27.0 Å². The Bertz CT molecular complexity index is 3150. The Morgan fingerprint density at radius 2 is 1.25 bits per heavy atom. The number of nitrogens with zero attached hydrogens (tertiary/aromatic N) is 4. The van der Waals surface area contributed by atoms with Gasteiger partial charge in [-0.25, -0.2) is 9.97 Å². The summed E-state index contributed by atoms with van der Waals surface area (Å²) in [4.78, 5) is 43.1. The number of thiazole rings is 2. The maximum atomic E-state index is 11.9. The van der Waals surface area contributed by atoms with Crippen LogP contribution in [0.15, 0.2) is 96.8 Å². The predicted octanol–water partition coefficient (Wildman–Crippen LogP) is 10.7. The van der Waals surface area contributed by atoms with E-state index < -0.39 is 0 Å². The number of carbonyl (C=O) groups excluding carboxylic acids is 2. The van der Waals surface area contributed by atoms with Crippen molar-refractivity contribution in [2.45, 2.75) is 65.5 Å². The molecule has 0 radical (unpaired) electrons. The van der Waals surface area contributed by atoms with Crippen molar-refractivity contribution in [3.8, 4) is 5.75 Å². The molecule has 0 spiro atoms.